The lowest BCUT2D eigenvalue weighted by atomic mass is 9.77. The SMILES string of the molecule is CCc1nc(C)c(C(=O)N2CCC3(CC2)NC(=O)CC3C(=O)O)o1. The van der Waals surface area contributed by atoms with Gasteiger partial charge in [0.2, 0.25) is 11.7 Å². The number of carbonyl (C=O) groups excluding carboxylic acids is 2. The number of nitrogens with one attached hydrogen (secondary N) is 1. The van der Waals surface area contributed by atoms with Gasteiger partial charge < -0.3 is 19.7 Å². The van der Waals surface area contributed by atoms with E-state index in [-0.39, 0.29) is 24.0 Å². The number of carboxylic acid groups (broad SMARTS) is 1. The van der Waals surface area contributed by atoms with Crippen molar-refractivity contribution < 1.29 is 23.9 Å². The minimum absolute atomic E-state index is 0.00432. The predicted molar refractivity (Wildman–Crippen MR) is 82.4 cm³/mol. The summed E-state index contributed by atoms with van der Waals surface area (Å²) in [4.78, 5) is 41.6. The second-order valence-corrected chi connectivity index (χ2v) is 6.47. The van der Waals surface area contributed by atoms with Gasteiger partial charge in [-0.25, -0.2) is 4.98 Å². The standard InChI is InChI=1S/C16H21N3O5/c1-3-12-17-9(2)13(24-12)14(21)19-6-4-16(5-7-19)10(15(22)23)8-11(20)18-16/h10H,3-8H2,1-2H3,(H,18,20)(H,22,23). The van der Waals surface area contributed by atoms with Gasteiger partial charge in [-0.1, -0.05) is 6.92 Å². The fraction of sp³-hybridized carbons (Fsp3) is 0.625. The van der Waals surface area contributed by atoms with Crippen LogP contribution in [0.1, 0.15) is 48.3 Å². The van der Waals surface area contributed by atoms with Crippen molar-refractivity contribution in [2.24, 2.45) is 5.92 Å². The first-order chi connectivity index (χ1) is 11.4. The number of amides is 2. The molecule has 1 aromatic rings. The van der Waals surface area contributed by atoms with Crippen LogP contribution in [0.3, 0.4) is 0 Å². The zero-order valence-electron chi connectivity index (χ0n) is 13.8. The number of oxazole rings is 1. The second kappa shape index (κ2) is 5.92. The Morgan fingerprint density at radius 3 is 2.62 bits per heavy atom. The number of carbonyl (C=O) groups is 3. The lowest BCUT2D eigenvalue weighted by Gasteiger charge is -2.41. The van der Waals surface area contributed by atoms with Crippen molar-refractivity contribution in [3.05, 3.63) is 17.3 Å². The van der Waals surface area contributed by atoms with Gasteiger partial charge >= 0.3 is 5.97 Å². The summed E-state index contributed by atoms with van der Waals surface area (Å²) in [6, 6.07) is 0. The number of carboxylic acids is 1. The smallest absolute Gasteiger partial charge is 0.309 e. The molecule has 2 amide bonds. The van der Waals surface area contributed by atoms with E-state index in [0.29, 0.717) is 43.9 Å². The summed E-state index contributed by atoms with van der Waals surface area (Å²) >= 11 is 0. The number of hydrogen-bond acceptors (Lipinski definition) is 5. The maximum Gasteiger partial charge on any atom is 0.309 e. The lowest BCUT2D eigenvalue weighted by Crippen LogP contribution is -2.56. The summed E-state index contributed by atoms with van der Waals surface area (Å²) in [6.07, 6.45) is 1.47. The largest absolute Gasteiger partial charge is 0.481 e. The van der Waals surface area contributed by atoms with Crippen molar-refractivity contribution in [1.82, 2.24) is 15.2 Å². The first-order valence-electron chi connectivity index (χ1n) is 8.15. The quantitative estimate of drug-likeness (QED) is 0.842. The van der Waals surface area contributed by atoms with Crippen LogP contribution < -0.4 is 5.32 Å². The van der Waals surface area contributed by atoms with Crippen LogP contribution in [0.5, 0.6) is 0 Å². The molecule has 0 aliphatic carbocycles. The van der Waals surface area contributed by atoms with Gasteiger partial charge in [0, 0.05) is 25.9 Å². The molecule has 3 heterocycles. The Morgan fingerprint density at radius 2 is 2.08 bits per heavy atom. The zero-order valence-corrected chi connectivity index (χ0v) is 13.8. The third kappa shape index (κ3) is 2.65. The van der Waals surface area contributed by atoms with Crippen molar-refractivity contribution in [3.8, 4) is 0 Å². The van der Waals surface area contributed by atoms with Gasteiger partial charge in [-0.2, -0.15) is 0 Å². The average molecular weight is 335 g/mol. The number of aryl methyl sites for hydroxylation is 2. The van der Waals surface area contributed by atoms with Gasteiger partial charge in [0.25, 0.3) is 5.91 Å². The molecule has 2 aliphatic heterocycles. The summed E-state index contributed by atoms with van der Waals surface area (Å²) in [7, 11) is 0. The first kappa shape index (κ1) is 16.5. The fourth-order valence-corrected chi connectivity index (χ4v) is 3.65. The Kier molecular flexibility index (Phi) is 4.06. The number of hydrogen-bond donors (Lipinski definition) is 2. The highest BCUT2D eigenvalue weighted by Gasteiger charge is 2.52. The van der Waals surface area contributed by atoms with E-state index in [2.05, 4.69) is 10.3 Å². The molecule has 1 atom stereocenters. The van der Waals surface area contributed by atoms with Gasteiger partial charge in [0.15, 0.2) is 5.89 Å². The van der Waals surface area contributed by atoms with E-state index >= 15 is 0 Å². The molecule has 3 rings (SSSR count). The Morgan fingerprint density at radius 1 is 1.42 bits per heavy atom. The summed E-state index contributed by atoms with van der Waals surface area (Å²) in [5.74, 6) is -1.40. The third-order valence-corrected chi connectivity index (χ3v) is 5.02. The van der Waals surface area contributed by atoms with Crippen LogP contribution in [0.4, 0.5) is 0 Å². The van der Waals surface area contributed by atoms with Crippen molar-refractivity contribution in [2.75, 3.05) is 13.1 Å². The molecule has 0 radical (unpaired) electrons. The number of likely N-dealkylation sites (tertiary alicyclic amines) is 1. The van der Waals surface area contributed by atoms with E-state index in [0.717, 1.165) is 0 Å². The van der Waals surface area contributed by atoms with E-state index in [1.807, 2.05) is 6.92 Å². The Bertz CT molecular complexity index is 688. The van der Waals surface area contributed by atoms with Gasteiger partial charge in [0.1, 0.15) is 0 Å². The number of aliphatic carboxylic acids is 1. The predicted octanol–water partition coefficient (Wildman–Crippen LogP) is 0.741. The molecule has 0 saturated carbocycles. The molecule has 0 bridgehead atoms. The molecule has 24 heavy (non-hydrogen) atoms. The molecule has 2 saturated heterocycles. The zero-order chi connectivity index (χ0) is 17.5. The average Bonchev–Trinajstić information content (AvgIpc) is 3.08. The molecular formula is C16H21N3O5. The summed E-state index contributed by atoms with van der Waals surface area (Å²) in [6.45, 7) is 4.40. The van der Waals surface area contributed by atoms with Crippen LogP contribution in [-0.4, -0.2) is 51.4 Å². The molecule has 1 aromatic heterocycles. The van der Waals surface area contributed by atoms with E-state index in [9.17, 15) is 19.5 Å². The van der Waals surface area contributed by atoms with Crippen molar-refractivity contribution in [2.45, 2.75) is 45.1 Å². The molecule has 8 heteroatoms. The number of aromatic nitrogens is 1. The van der Waals surface area contributed by atoms with Gasteiger partial charge in [-0.15, -0.1) is 0 Å². The lowest BCUT2D eigenvalue weighted by molar-refractivity contribution is -0.144. The van der Waals surface area contributed by atoms with Crippen molar-refractivity contribution in [1.29, 1.82) is 0 Å². The summed E-state index contributed by atoms with van der Waals surface area (Å²) in [5, 5.41) is 12.2. The van der Waals surface area contributed by atoms with E-state index in [1.165, 1.54) is 0 Å². The second-order valence-electron chi connectivity index (χ2n) is 6.47. The molecule has 2 N–H and O–H groups in total. The highest BCUT2D eigenvalue weighted by atomic mass is 16.4. The monoisotopic (exact) mass is 335 g/mol. The molecule has 1 unspecified atom stereocenters. The van der Waals surface area contributed by atoms with Crippen molar-refractivity contribution >= 4 is 17.8 Å². The maximum atomic E-state index is 12.6. The van der Waals surface area contributed by atoms with Crippen LogP contribution in [0, 0.1) is 12.8 Å². The fourth-order valence-electron chi connectivity index (χ4n) is 3.65. The maximum absolute atomic E-state index is 12.6. The first-order valence-corrected chi connectivity index (χ1v) is 8.15. The minimum Gasteiger partial charge on any atom is -0.481 e. The van der Waals surface area contributed by atoms with Crippen LogP contribution in [0.2, 0.25) is 0 Å². The number of piperidine rings is 1. The minimum atomic E-state index is -0.966. The molecule has 1 spiro atoms. The molecule has 130 valence electrons. The normalized spacial score (nSPS) is 22.7. The molecule has 2 fully saturated rings. The van der Waals surface area contributed by atoms with Crippen LogP contribution in [0.25, 0.3) is 0 Å². The Balaban J connectivity index is 1.72. The highest BCUT2D eigenvalue weighted by molar-refractivity contribution is 5.93. The van der Waals surface area contributed by atoms with E-state index in [1.54, 1.807) is 11.8 Å². The third-order valence-electron chi connectivity index (χ3n) is 5.02. The number of nitrogens with zero attached hydrogens (tertiary/aromatic N) is 2. The van der Waals surface area contributed by atoms with Crippen LogP contribution >= 0.6 is 0 Å². The van der Waals surface area contributed by atoms with Crippen molar-refractivity contribution in [3.63, 3.8) is 0 Å². The molecular weight excluding hydrogens is 314 g/mol. The Hall–Kier alpha value is -2.38. The molecule has 8 nitrogen and oxygen atoms in total. The molecule has 2 aliphatic rings. The van der Waals surface area contributed by atoms with Gasteiger partial charge in [0.05, 0.1) is 17.2 Å². The Labute approximate surface area is 139 Å². The van der Waals surface area contributed by atoms with Gasteiger partial charge in [-0.05, 0) is 19.8 Å². The van der Waals surface area contributed by atoms with Gasteiger partial charge in [-0.3, -0.25) is 14.4 Å². The number of rotatable bonds is 3. The molecule has 0 aromatic carbocycles. The summed E-state index contributed by atoms with van der Waals surface area (Å²) < 4.78 is 5.51. The van der Waals surface area contributed by atoms with E-state index in [4.69, 9.17) is 4.42 Å². The van der Waals surface area contributed by atoms with Crippen LogP contribution in [0.15, 0.2) is 4.42 Å². The highest BCUT2D eigenvalue weighted by Crippen LogP contribution is 2.37. The topological polar surface area (TPSA) is 113 Å². The van der Waals surface area contributed by atoms with Crippen LogP contribution in [-0.2, 0) is 16.0 Å². The van der Waals surface area contributed by atoms with E-state index < -0.39 is 17.4 Å². The summed E-state index contributed by atoms with van der Waals surface area (Å²) in [5.41, 5.74) is -0.181.